The number of hydrogen-bond donors (Lipinski definition) is 2. The summed E-state index contributed by atoms with van der Waals surface area (Å²) in [4.78, 5) is 35.6. The van der Waals surface area contributed by atoms with E-state index in [1.165, 1.54) is 11.3 Å². The van der Waals surface area contributed by atoms with Crippen molar-refractivity contribution in [3.63, 3.8) is 0 Å². The molecule has 2 N–H and O–H groups in total. The molecule has 7 nitrogen and oxygen atoms in total. The largest absolute Gasteiger partial charge is 0.396 e. The van der Waals surface area contributed by atoms with Gasteiger partial charge in [0, 0.05) is 41.2 Å². The monoisotopic (exact) mass is 448 g/mol. The highest BCUT2D eigenvalue weighted by atomic mass is 35.5. The smallest absolute Gasteiger partial charge is 0.313 e. The molecule has 2 aliphatic rings. The second-order valence-corrected chi connectivity index (χ2v) is 9.28. The summed E-state index contributed by atoms with van der Waals surface area (Å²) >= 11 is 7.43. The van der Waals surface area contributed by atoms with Gasteiger partial charge in [0.05, 0.1) is 12.4 Å². The third-order valence-corrected chi connectivity index (χ3v) is 7.30. The highest BCUT2D eigenvalue weighted by Crippen LogP contribution is 2.41. The lowest BCUT2D eigenvalue weighted by atomic mass is 9.98. The Kier molecular flexibility index (Phi) is 6.38. The number of aliphatic hydroxyl groups is 1. The van der Waals surface area contributed by atoms with Gasteiger partial charge in [-0.1, -0.05) is 18.0 Å². The number of rotatable bonds is 4. The number of piperidine rings is 1. The Morgan fingerprint density at radius 2 is 2.07 bits per heavy atom. The van der Waals surface area contributed by atoms with Crippen LogP contribution in [0.1, 0.15) is 40.9 Å². The van der Waals surface area contributed by atoms with Crippen LogP contribution in [0.5, 0.6) is 0 Å². The summed E-state index contributed by atoms with van der Waals surface area (Å²) in [7, 11) is 0. The van der Waals surface area contributed by atoms with Crippen molar-refractivity contribution < 1.29 is 14.7 Å². The third kappa shape index (κ3) is 4.23. The van der Waals surface area contributed by atoms with E-state index in [2.05, 4.69) is 10.2 Å². The number of nitrogens with one attached hydrogen (secondary N) is 1. The minimum Gasteiger partial charge on any atom is -0.396 e. The number of anilines is 1. The standard InChI is InChI=1S/C21H25ClN4O3S/c1-13-17(9-11-27)30-20(23-13)18-16-4-2-3-10-25(16)12-26(18)21(29)19(28)24-15-7-5-14(22)6-8-15/h5-8,16,18,27H,2-4,9-12H2,1H3,(H,24,28). The summed E-state index contributed by atoms with van der Waals surface area (Å²) in [5.74, 6) is -1.22. The lowest BCUT2D eigenvalue weighted by molar-refractivity contribution is -0.144. The number of carbonyl (C=O) groups excluding carboxylic acids is 2. The first-order valence-electron chi connectivity index (χ1n) is 10.2. The van der Waals surface area contributed by atoms with Crippen molar-refractivity contribution in [1.82, 2.24) is 14.8 Å². The number of halogens is 1. The van der Waals surface area contributed by atoms with E-state index in [9.17, 15) is 14.7 Å². The summed E-state index contributed by atoms with van der Waals surface area (Å²) in [5, 5.41) is 13.4. The maximum Gasteiger partial charge on any atom is 0.313 e. The zero-order valence-electron chi connectivity index (χ0n) is 16.8. The number of fused-ring (bicyclic) bond motifs is 1. The van der Waals surface area contributed by atoms with Crippen molar-refractivity contribution in [2.24, 2.45) is 0 Å². The SMILES string of the molecule is Cc1nc(C2C3CCCCN3CN2C(=O)C(=O)Nc2ccc(Cl)cc2)sc1CCO. The molecule has 160 valence electrons. The second kappa shape index (κ2) is 9.01. The Morgan fingerprint density at radius 1 is 1.30 bits per heavy atom. The van der Waals surface area contributed by atoms with Crippen LogP contribution in [-0.4, -0.2) is 57.6 Å². The molecule has 2 fully saturated rings. The molecule has 30 heavy (non-hydrogen) atoms. The predicted octanol–water partition coefficient (Wildman–Crippen LogP) is 2.97. The van der Waals surface area contributed by atoms with Crippen LogP contribution in [0.2, 0.25) is 5.02 Å². The molecule has 0 radical (unpaired) electrons. The van der Waals surface area contributed by atoms with E-state index in [4.69, 9.17) is 16.6 Å². The molecule has 3 heterocycles. The molecule has 0 bridgehead atoms. The molecular formula is C21H25ClN4O3S. The van der Waals surface area contributed by atoms with Crippen molar-refractivity contribution in [3.05, 3.63) is 44.9 Å². The minimum atomic E-state index is -0.661. The van der Waals surface area contributed by atoms with E-state index in [1.54, 1.807) is 29.2 Å². The van der Waals surface area contributed by atoms with Crippen LogP contribution in [0.3, 0.4) is 0 Å². The summed E-state index contributed by atoms with van der Waals surface area (Å²) < 4.78 is 0. The minimum absolute atomic E-state index is 0.0643. The van der Waals surface area contributed by atoms with Crippen LogP contribution in [-0.2, 0) is 16.0 Å². The van der Waals surface area contributed by atoms with Gasteiger partial charge in [-0.15, -0.1) is 11.3 Å². The maximum absolute atomic E-state index is 13.2. The number of carbonyl (C=O) groups is 2. The third-order valence-electron chi connectivity index (χ3n) is 5.76. The van der Waals surface area contributed by atoms with E-state index < -0.39 is 11.8 Å². The number of aliphatic hydroxyl groups excluding tert-OH is 1. The van der Waals surface area contributed by atoms with Crippen LogP contribution in [0.15, 0.2) is 24.3 Å². The van der Waals surface area contributed by atoms with E-state index in [-0.39, 0.29) is 18.7 Å². The van der Waals surface area contributed by atoms with Crippen LogP contribution >= 0.6 is 22.9 Å². The molecule has 2 atom stereocenters. The first-order chi connectivity index (χ1) is 14.5. The van der Waals surface area contributed by atoms with Gasteiger partial charge in [-0.3, -0.25) is 14.5 Å². The van der Waals surface area contributed by atoms with Crippen molar-refractivity contribution in [3.8, 4) is 0 Å². The van der Waals surface area contributed by atoms with E-state index in [0.29, 0.717) is 23.8 Å². The maximum atomic E-state index is 13.2. The fourth-order valence-electron chi connectivity index (χ4n) is 4.29. The molecule has 2 unspecified atom stereocenters. The van der Waals surface area contributed by atoms with Crippen LogP contribution in [0, 0.1) is 6.92 Å². The first kappa shape index (κ1) is 21.2. The van der Waals surface area contributed by atoms with Gasteiger partial charge in [0.15, 0.2) is 0 Å². The van der Waals surface area contributed by atoms with Crippen molar-refractivity contribution in [2.75, 3.05) is 25.1 Å². The Morgan fingerprint density at radius 3 is 2.80 bits per heavy atom. The van der Waals surface area contributed by atoms with Crippen LogP contribution in [0.25, 0.3) is 0 Å². The Balaban J connectivity index is 1.59. The average Bonchev–Trinajstić information content (AvgIpc) is 3.29. The van der Waals surface area contributed by atoms with Gasteiger partial charge < -0.3 is 15.3 Å². The summed E-state index contributed by atoms with van der Waals surface area (Å²) in [6.07, 6.45) is 3.72. The molecule has 2 amide bonds. The topological polar surface area (TPSA) is 85.8 Å². The molecule has 1 aromatic heterocycles. The normalized spacial score (nSPS) is 21.5. The highest BCUT2D eigenvalue weighted by Gasteiger charge is 2.47. The number of thiazole rings is 1. The molecule has 0 aliphatic carbocycles. The molecular weight excluding hydrogens is 424 g/mol. The molecule has 2 aromatic rings. The Bertz CT molecular complexity index is 933. The molecule has 1 aromatic carbocycles. The van der Waals surface area contributed by atoms with Gasteiger partial charge >= 0.3 is 11.8 Å². The predicted molar refractivity (Wildman–Crippen MR) is 117 cm³/mol. The van der Waals surface area contributed by atoms with Gasteiger partial charge in [-0.25, -0.2) is 4.98 Å². The van der Waals surface area contributed by atoms with Gasteiger partial charge in [-0.05, 0) is 44.0 Å². The lowest BCUT2D eigenvalue weighted by Gasteiger charge is -2.30. The van der Waals surface area contributed by atoms with E-state index in [0.717, 1.165) is 41.4 Å². The second-order valence-electron chi connectivity index (χ2n) is 7.73. The average molecular weight is 449 g/mol. The zero-order chi connectivity index (χ0) is 21.3. The quantitative estimate of drug-likeness (QED) is 0.702. The van der Waals surface area contributed by atoms with E-state index in [1.807, 2.05) is 6.92 Å². The number of aromatic nitrogens is 1. The van der Waals surface area contributed by atoms with Crippen molar-refractivity contribution >= 4 is 40.4 Å². The molecule has 0 saturated carbocycles. The summed E-state index contributed by atoms with van der Waals surface area (Å²) in [6.45, 7) is 3.33. The molecule has 4 rings (SSSR count). The molecule has 2 saturated heterocycles. The van der Waals surface area contributed by atoms with Gasteiger partial charge in [0.25, 0.3) is 0 Å². The Labute approximate surface area is 184 Å². The molecule has 9 heteroatoms. The fraction of sp³-hybridized carbons (Fsp3) is 0.476. The van der Waals surface area contributed by atoms with Gasteiger partial charge in [0.1, 0.15) is 11.0 Å². The Hall–Kier alpha value is -2.00. The lowest BCUT2D eigenvalue weighted by Crippen LogP contribution is -2.40. The number of amides is 2. The zero-order valence-corrected chi connectivity index (χ0v) is 18.4. The fourth-order valence-corrected chi connectivity index (χ4v) is 5.64. The van der Waals surface area contributed by atoms with Gasteiger partial charge in [0.2, 0.25) is 0 Å². The van der Waals surface area contributed by atoms with Gasteiger partial charge in [-0.2, -0.15) is 0 Å². The van der Waals surface area contributed by atoms with Crippen molar-refractivity contribution in [1.29, 1.82) is 0 Å². The van der Waals surface area contributed by atoms with E-state index >= 15 is 0 Å². The summed E-state index contributed by atoms with van der Waals surface area (Å²) in [5.41, 5.74) is 1.41. The number of hydrogen-bond acceptors (Lipinski definition) is 6. The highest BCUT2D eigenvalue weighted by molar-refractivity contribution is 7.11. The molecule has 0 spiro atoms. The number of aryl methyl sites for hydroxylation is 1. The number of nitrogens with zero attached hydrogens (tertiary/aromatic N) is 3. The van der Waals surface area contributed by atoms with Crippen LogP contribution < -0.4 is 5.32 Å². The molecule has 2 aliphatic heterocycles. The van der Waals surface area contributed by atoms with Crippen molar-refractivity contribution in [2.45, 2.75) is 44.7 Å². The van der Waals surface area contributed by atoms with Crippen LogP contribution in [0.4, 0.5) is 5.69 Å². The first-order valence-corrected chi connectivity index (χ1v) is 11.4. The number of benzene rings is 1. The summed E-state index contributed by atoms with van der Waals surface area (Å²) in [6, 6.07) is 6.60.